The maximum atomic E-state index is 6.99. The van der Waals surface area contributed by atoms with Crippen molar-refractivity contribution in [2.24, 2.45) is 9.98 Å². The zero-order valence-electron chi connectivity index (χ0n) is 32.9. The molecule has 4 aliphatic rings. The van der Waals surface area contributed by atoms with Gasteiger partial charge in [0.05, 0.1) is 6.04 Å². The van der Waals surface area contributed by atoms with E-state index >= 15 is 0 Å². The van der Waals surface area contributed by atoms with Gasteiger partial charge in [0.15, 0.2) is 28.6 Å². The second-order valence-corrected chi connectivity index (χ2v) is 30.2. The minimum absolute atomic E-state index is 0.489. The fraction of sp³-hybridized carbons (Fsp3) is 0.947. The van der Waals surface area contributed by atoms with Crippen molar-refractivity contribution in [1.29, 1.82) is 0 Å². The summed E-state index contributed by atoms with van der Waals surface area (Å²) < 4.78 is 14.0. The van der Waals surface area contributed by atoms with E-state index in [1.165, 1.54) is 128 Å². The van der Waals surface area contributed by atoms with Crippen molar-refractivity contribution in [2.45, 2.75) is 217 Å². The Balaban J connectivity index is 1.20. The van der Waals surface area contributed by atoms with Crippen LogP contribution in [0.1, 0.15) is 141 Å². The Labute approximate surface area is 305 Å². The number of hydrogen-bond donors (Lipinski definition) is 4. The summed E-state index contributed by atoms with van der Waals surface area (Å²) in [5.41, 5.74) is 0. The minimum atomic E-state index is -2.25. The van der Waals surface area contributed by atoms with Crippen molar-refractivity contribution in [3.05, 3.63) is 0 Å². The highest BCUT2D eigenvalue weighted by molar-refractivity contribution is 6.87. The summed E-state index contributed by atoms with van der Waals surface area (Å²) in [5, 5.41) is 15.2. The van der Waals surface area contributed by atoms with Gasteiger partial charge in [-0.15, -0.1) is 0 Å². The molecule has 0 bridgehead atoms. The topological polar surface area (TPSA) is 91.3 Å². The molecule has 0 heterocycles. The first-order valence-corrected chi connectivity index (χ1v) is 30.1. The highest BCUT2D eigenvalue weighted by Gasteiger charge is 2.39. The second-order valence-electron chi connectivity index (χ2n) is 17.7. The van der Waals surface area contributed by atoms with Gasteiger partial charge < -0.3 is 29.5 Å². The monoisotopic (exact) mass is 735 g/mol. The third kappa shape index (κ3) is 17.0. The average Bonchev–Trinajstić information content (AvgIpc) is 3.06. The Morgan fingerprint density at radius 3 is 1.41 bits per heavy atom. The van der Waals surface area contributed by atoms with E-state index in [1.54, 1.807) is 0 Å². The molecule has 0 spiro atoms. The predicted molar refractivity (Wildman–Crippen MR) is 218 cm³/mol. The summed E-state index contributed by atoms with van der Waals surface area (Å²) in [4.78, 5) is 10.3. The van der Waals surface area contributed by atoms with Gasteiger partial charge >= 0.3 is 8.56 Å². The number of rotatable bonds is 16. The second kappa shape index (κ2) is 21.0. The lowest BCUT2D eigenvalue weighted by atomic mass is 9.95. The number of hydrogen-bond acceptors (Lipinski definition) is 4. The lowest BCUT2D eigenvalue weighted by Gasteiger charge is -2.39. The number of aliphatic imine (C=N–C) groups is 2. The summed E-state index contributed by atoms with van der Waals surface area (Å²) >= 11 is 0. The van der Waals surface area contributed by atoms with E-state index in [4.69, 9.17) is 18.2 Å². The van der Waals surface area contributed by atoms with Crippen LogP contribution in [-0.4, -0.2) is 74.4 Å². The van der Waals surface area contributed by atoms with E-state index in [2.05, 4.69) is 60.5 Å². The first-order chi connectivity index (χ1) is 23.5. The summed E-state index contributed by atoms with van der Waals surface area (Å²) in [7, 11) is -6.00. The van der Waals surface area contributed by atoms with Crippen LogP contribution in [0.15, 0.2) is 9.98 Å². The number of guanidine groups is 2. The number of nitrogens with one attached hydrogen (secondary N) is 4. The lowest BCUT2D eigenvalue weighted by Crippen LogP contribution is -2.52. The van der Waals surface area contributed by atoms with Gasteiger partial charge in [0.1, 0.15) is 0 Å². The Kier molecular flexibility index (Phi) is 17.5. The van der Waals surface area contributed by atoms with Gasteiger partial charge in [-0.2, -0.15) is 0 Å². The molecule has 0 aliphatic heterocycles. The zero-order chi connectivity index (χ0) is 35.0. The Hall–Kier alpha value is -0.889. The van der Waals surface area contributed by atoms with Gasteiger partial charge in [-0.1, -0.05) is 77.0 Å². The molecule has 11 heteroatoms. The largest absolute Gasteiger partial charge is 0.437 e. The molecule has 8 nitrogen and oxygen atoms in total. The number of nitrogens with zero attached hydrogens (tertiary/aromatic N) is 2. The molecule has 0 radical (unpaired) electrons. The van der Waals surface area contributed by atoms with Crippen molar-refractivity contribution in [3.8, 4) is 0 Å². The van der Waals surface area contributed by atoms with Crippen molar-refractivity contribution in [1.82, 2.24) is 21.3 Å². The van der Waals surface area contributed by atoms with Crippen LogP contribution in [0.2, 0.25) is 51.4 Å². The molecular weight excluding hydrogens is 657 g/mol. The molecule has 49 heavy (non-hydrogen) atoms. The molecule has 4 aliphatic carbocycles. The van der Waals surface area contributed by atoms with Gasteiger partial charge in [-0.3, -0.25) is 4.99 Å². The van der Waals surface area contributed by atoms with Crippen molar-refractivity contribution >= 4 is 37.1 Å². The Bertz CT molecular complexity index is 964. The van der Waals surface area contributed by atoms with Gasteiger partial charge in [0.25, 0.3) is 0 Å². The van der Waals surface area contributed by atoms with Gasteiger partial charge in [-0.05, 0) is 116 Å². The molecule has 4 N–H and O–H groups in total. The summed E-state index contributed by atoms with van der Waals surface area (Å²) in [6.07, 6.45) is 28.6. The normalized spacial score (nSPS) is 21.7. The molecule has 0 aromatic heterocycles. The fourth-order valence-corrected chi connectivity index (χ4v) is 22.9. The summed E-state index contributed by atoms with van der Waals surface area (Å²) in [6, 6.07) is 4.50. The molecule has 0 amide bonds. The van der Waals surface area contributed by atoms with Crippen LogP contribution in [0.4, 0.5) is 0 Å². The molecule has 4 fully saturated rings. The molecule has 0 saturated heterocycles. The smallest absolute Gasteiger partial charge is 0.311 e. The van der Waals surface area contributed by atoms with E-state index in [0.29, 0.717) is 24.2 Å². The van der Waals surface area contributed by atoms with Crippen LogP contribution in [0.5, 0.6) is 0 Å². The third-order valence-corrected chi connectivity index (χ3v) is 22.7. The standard InChI is InChI=1S/C38H78N6O2Si3/c1-47(2,31-19-29-39-37(41-33-21-11-7-12-22-33)42-34-23-13-8-14-24-34)45-49(5,6)46-48(3,4)32-20-30-40-38(43-35-25-15-9-16-26-35)44-36-27-17-10-18-28-36/h33-36H,7-32H2,1-6H3,(H2,39,41,42)(H2,40,43,44). The molecule has 284 valence electrons. The van der Waals surface area contributed by atoms with Gasteiger partial charge in [0.2, 0.25) is 0 Å². The van der Waals surface area contributed by atoms with Crippen LogP contribution in [-0.2, 0) is 8.23 Å². The van der Waals surface area contributed by atoms with E-state index in [9.17, 15) is 0 Å². The highest BCUT2D eigenvalue weighted by atomic mass is 28.5. The highest BCUT2D eigenvalue weighted by Crippen LogP contribution is 2.27. The fourth-order valence-electron chi connectivity index (χ4n) is 8.85. The van der Waals surface area contributed by atoms with E-state index < -0.39 is 25.2 Å². The molecule has 0 aromatic carbocycles. The molecule has 0 aromatic rings. The molecular formula is C38H78N6O2Si3. The molecule has 0 atom stereocenters. The van der Waals surface area contributed by atoms with Crippen LogP contribution in [0, 0.1) is 0 Å². The molecule has 0 unspecified atom stereocenters. The van der Waals surface area contributed by atoms with Crippen molar-refractivity contribution in [3.63, 3.8) is 0 Å². The van der Waals surface area contributed by atoms with E-state index in [0.717, 1.165) is 49.9 Å². The van der Waals surface area contributed by atoms with Crippen molar-refractivity contribution < 1.29 is 8.23 Å². The molecule has 4 rings (SSSR count). The summed E-state index contributed by atoms with van der Waals surface area (Å²) in [5.74, 6) is 2.13. The first kappa shape index (κ1) is 40.9. The van der Waals surface area contributed by atoms with Gasteiger partial charge in [0, 0.05) is 31.2 Å². The SMILES string of the molecule is C[Si](C)(CCCN=C(NC1CCCCC1)NC1CCCCC1)O[Si](C)(C)O[Si](C)(C)CCCNC(=NC1CCCCC1)NC1CCCCC1. The Morgan fingerprint density at radius 1 is 0.531 bits per heavy atom. The maximum Gasteiger partial charge on any atom is 0.311 e. The van der Waals surface area contributed by atoms with Crippen LogP contribution in [0.3, 0.4) is 0 Å². The van der Waals surface area contributed by atoms with Crippen molar-refractivity contribution in [2.75, 3.05) is 13.1 Å². The van der Waals surface area contributed by atoms with Crippen LogP contribution in [0.25, 0.3) is 0 Å². The predicted octanol–water partition coefficient (Wildman–Crippen LogP) is 9.31. The Morgan fingerprint density at radius 2 is 0.939 bits per heavy atom. The average molecular weight is 735 g/mol. The van der Waals surface area contributed by atoms with Gasteiger partial charge in [-0.25, -0.2) is 4.99 Å². The third-order valence-electron chi connectivity index (χ3n) is 11.2. The molecule has 4 saturated carbocycles. The lowest BCUT2D eigenvalue weighted by molar-refractivity contribution is 0.385. The van der Waals surface area contributed by atoms with E-state index in [-0.39, 0.29) is 0 Å². The van der Waals surface area contributed by atoms with Crippen LogP contribution < -0.4 is 21.3 Å². The van der Waals surface area contributed by atoms with E-state index in [1.807, 2.05) is 0 Å². The minimum Gasteiger partial charge on any atom is -0.437 e. The first-order valence-electron chi connectivity index (χ1n) is 21.0. The zero-order valence-corrected chi connectivity index (χ0v) is 35.9. The quantitative estimate of drug-likeness (QED) is 0.0547. The van der Waals surface area contributed by atoms with Crippen LogP contribution >= 0.6 is 0 Å². The maximum absolute atomic E-state index is 6.99. The summed E-state index contributed by atoms with van der Waals surface area (Å²) in [6.45, 7) is 16.0.